The van der Waals surface area contributed by atoms with Crippen molar-refractivity contribution >= 4 is 44.4 Å². The number of thiazole rings is 1. The highest BCUT2D eigenvalue weighted by molar-refractivity contribution is 7.16. The molecule has 8 heteroatoms. The molecule has 1 amide bonds. The van der Waals surface area contributed by atoms with Gasteiger partial charge in [0.15, 0.2) is 21.9 Å². The standard InChI is InChI=1S/C23H22N2O5S/c1-5-29-20(26)12-25-16-9-13(2)14(3)10-19(16)31-23(25)24-22(27)18-11-15-7-6-8-17(28-4)21(15)30-18/h6-11H,5,12H2,1-4H3. The maximum Gasteiger partial charge on any atom is 0.326 e. The van der Waals surface area contributed by atoms with E-state index in [0.717, 1.165) is 26.7 Å². The van der Waals surface area contributed by atoms with Crippen LogP contribution in [0.2, 0.25) is 0 Å². The maximum atomic E-state index is 12.9. The number of nitrogens with zero attached hydrogens (tertiary/aromatic N) is 2. The fraction of sp³-hybridized carbons (Fsp3) is 0.261. The predicted octanol–water partition coefficient (Wildman–Crippen LogP) is 4.38. The van der Waals surface area contributed by atoms with Gasteiger partial charge in [0.05, 0.1) is 23.9 Å². The number of aryl methyl sites for hydroxylation is 2. The Morgan fingerprint density at radius 1 is 1.16 bits per heavy atom. The first-order chi connectivity index (χ1) is 14.9. The Bertz CT molecular complexity index is 1380. The summed E-state index contributed by atoms with van der Waals surface area (Å²) in [4.78, 5) is 29.8. The van der Waals surface area contributed by atoms with Gasteiger partial charge >= 0.3 is 11.9 Å². The zero-order valence-corrected chi connectivity index (χ0v) is 18.5. The molecular weight excluding hydrogens is 416 g/mol. The van der Waals surface area contributed by atoms with Crippen LogP contribution in [0.25, 0.3) is 21.2 Å². The quantitative estimate of drug-likeness (QED) is 0.432. The van der Waals surface area contributed by atoms with Crippen LogP contribution in [0.5, 0.6) is 5.75 Å². The van der Waals surface area contributed by atoms with Crippen LogP contribution < -0.4 is 9.54 Å². The number of hydrogen-bond donors (Lipinski definition) is 0. The lowest BCUT2D eigenvalue weighted by Gasteiger charge is -2.06. The van der Waals surface area contributed by atoms with Crippen LogP contribution in [0.15, 0.2) is 45.8 Å². The highest BCUT2D eigenvalue weighted by Gasteiger charge is 2.17. The second kappa shape index (κ2) is 8.39. The van der Waals surface area contributed by atoms with Gasteiger partial charge in [0.1, 0.15) is 6.54 Å². The lowest BCUT2D eigenvalue weighted by atomic mass is 10.1. The van der Waals surface area contributed by atoms with Crippen molar-refractivity contribution in [3.05, 3.63) is 58.1 Å². The van der Waals surface area contributed by atoms with E-state index >= 15 is 0 Å². The Balaban J connectivity index is 1.84. The molecule has 0 spiro atoms. The lowest BCUT2D eigenvalue weighted by Crippen LogP contribution is -2.23. The number of benzene rings is 2. The van der Waals surface area contributed by atoms with Gasteiger partial charge in [0.2, 0.25) is 0 Å². The van der Waals surface area contributed by atoms with Gasteiger partial charge in [-0.2, -0.15) is 4.99 Å². The molecular formula is C23H22N2O5S. The topological polar surface area (TPSA) is 83.0 Å². The molecule has 160 valence electrons. The van der Waals surface area contributed by atoms with Crippen LogP contribution in [0.3, 0.4) is 0 Å². The molecule has 0 atom stereocenters. The fourth-order valence-electron chi connectivity index (χ4n) is 3.34. The van der Waals surface area contributed by atoms with E-state index in [1.165, 1.54) is 11.3 Å². The Morgan fingerprint density at radius 3 is 2.68 bits per heavy atom. The number of ether oxygens (including phenoxy) is 2. The summed E-state index contributed by atoms with van der Waals surface area (Å²) in [5, 5.41) is 0.750. The Kier molecular flexibility index (Phi) is 5.65. The Hall–Kier alpha value is -3.39. The number of rotatable bonds is 5. The molecule has 0 aliphatic heterocycles. The molecule has 0 unspecified atom stereocenters. The number of hydrogen-bond acceptors (Lipinski definition) is 6. The number of carbonyl (C=O) groups excluding carboxylic acids is 2. The van der Waals surface area contributed by atoms with Crippen LogP contribution in [0.1, 0.15) is 28.6 Å². The number of methoxy groups -OCH3 is 1. The molecule has 0 aliphatic rings. The van der Waals surface area contributed by atoms with Gasteiger partial charge in [0.25, 0.3) is 0 Å². The number of esters is 1. The first-order valence-corrected chi connectivity index (χ1v) is 10.6. The van der Waals surface area contributed by atoms with Crippen molar-refractivity contribution in [1.29, 1.82) is 0 Å². The molecule has 0 fully saturated rings. The second-order valence-corrected chi connectivity index (χ2v) is 8.10. The van der Waals surface area contributed by atoms with Crippen LogP contribution in [-0.2, 0) is 16.1 Å². The predicted molar refractivity (Wildman–Crippen MR) is 119 cm³/mol. The van der Waals surface area contributed by atoms with E-state index in [2.05, 4.69) is 4.99 Å². The molecule has 4 aromatic rings. The largest absolute Gasteiger partial charge is 0.493 e. The molecule has 0 radical (unpaired) electrons. The normalized spacial score (nSPS) is 11.9. The molecule has 31 heavy (non-hydrogen) atoms. The number of para-hydroxylation sites is 1. The summed E-state index contributed by atoms with van der Waals surface area (Å²) < 4.78 is 18.8. The average Bonchev–Trinajstić information content (AvgIpc) is 3.31. The monoisotopic (exact) mass is 438 g/mol. The van der Waals surface area contributed by atoms with Crippen molar-refractivity contribution in [2.24, 2.45) is 4.99 Å². The molecule has 0 N–H and O–H groups in total. The summed E-state index contributed by atoms with van der Waals surface area (Å²) in [5.41, 5.74) is 3.54. The minimum absolute atomic E-state index is 0.0313. The smallest absolute Gasteiger partial charge is 0.326 e. The molecule has 4 rings (SSSR count). The third-order valence-corrected chi connectivity index (χ3v) is 6.07. The Labute approximate surface area is 182 Å². The van der Waals surface area contributed by atoms with Gasteiger partial charge in [-0.3, -0.25) is 9.59 Å². The summed E-state index contributed by atoms with van der Waals surface area (Å²) in [6.45, 7) is 6.04. The molecule has 2 heterocycles. The second-order valence-electron chi connectivity index (χ2n) is 7.09. The molecule has 0 bridgehead atoms. The summed E-state index contributed by atoms with van der Waals surface area (Å²) in [6, 6.07) is 11.1. The summed E-state index contributed by atoms with van der Waals surface area (Å²) in [6.07, 6.45) is 0. The number of furan rings is 1. The van der Waals surface area contributed by atoms with Crippen LogP contribution in [-0.4, -0.2) is 30.2 Å². The van der Waals surface area contributed by atoms with E-state index in [1.54, 1.807) is 30.7 Å². The van der Waals surface area contributed by atoms with Gasteiger partial charge in [-0.05, 0) is 56.2 Å². The number of fused-ring (bicyclic) bond motifs is 2. The zero-order chi connectivity index (χ0) is 22.1. The molecule has 2 aromatic carbocycles. The highest BCUT2D eigenvalue weighted by Crippen LogP contribution is 2.29. The van der Waals surface area contributed by atoms with Crippen molar-refractivity contribution in [3.63, 3.8) is 0 Å². The third-order valence-electron chi connectivity index (χ3n) is 5.03. The van der Waals surface area contributed by atoms with Crippen molar-refractivity contribution in [3.8, 4) is 5.75 Å². The van der Waals surface area contributed by atoms with Crippen LogP contribution >= 0.6 is 11.3 Å². The third kappa shape index (κ3) is 3.98. The molecule has 0 aliphatic carbocycles. The molecule has 2 aromatic heterocycles. The molecule has 0 saturated heterocycles. The van der Waals surface area contributed by atoms with Gasteiger partial charge in [0, 0.05) is 5.39 Å². The first-order valence-electron chi connectivity index (χ1n) is 9.83. The van der Waals surface area contributed by atoms with E-state index in [-0.39, 0.29) is 24.9 Å². The van der Waals surface area contributed by atoms with E-state index < -0.39 is 5.91 Å². The number of amides is 1. The van der Waals surface area contributed by atoms with Gasteiger partial charge in [-0.15, -0.1) is 0 Å². The van der Waals surface area contributed by atoms with Crippen molar-refractivity contribution in [2.45, 2.75) is 27.3 Å². The summed E-state index contributed by atoms with van der Waals surface area (Å²) in [7, 11) is 1.54. The highest BCUT2D eigenvalue weighted by atomic mass is 32.1. The van der Waals surface area contributed by atoms with E-state index in [4.69, 9.17) is 13.9 Å². The maximum absolute atomic E-state index is 12.9. The zero-order valence-electron chi connectivity index (χ0n) is 17.7. The summed E-state index contributed by atoms with van der Waals surface area (Å²) in [5.74, 6) is -0.271. The number of carbonyl (C=O) groups is 2. The minimum Gasteiger partial charge on any atom is -0.493 e. The first kappa shape index (κ1) is 20.9. The fourth-order valence-corrected chi connectivity index (χ4v) is 4.45. The van der Waals surface area contributed by atoms with Crippen molar-refractivity contribution in [2.75, 3.05) is 13.7 Å². The number of aromatic nitrogens is 1. The van der Waals surface area contributed by atoms with Crippen LogP contribution in [0.4, 0.5) is 0 Å². The van der Waals surface area contributed by atoms with Crippen molar-refractivity contribution in [1.82, 2.24) is 4.57 Å². The van der Waals surface area contributed by atoms with Gasteiger partial charge < -0.3 is 18.5 Å². The van der Waals surface area contributed by atoms with E-state index in [1.807, 2.05) is 38.1 Å². The lowest BCUT2D eigenvalue weighted by molar-refractivity contribution is -0.143. The van der Waals surface area contributed by atoms with E-state index in [9.17, 15) is 9.59 Å². The van der Waals surface area contributed by atoms with Gasteiger partial charge in [-0.1, -0.05) is 23.5 Å². The average molecular weight is 439 g/mol. The van der Waals surface area contributed by atoms with Crippen LogP contribution in [0, 0.1) is 13.8 Å². The molecule has 7 nitrogen and oxygen atoms in total. The van der Waals surface area contributed by atoms with E-state index in [0.29, 0.717) is 16.1 Å². The summed E-state index contributed by atoms with van der Waals surface area (Å²) >= 11 is 1.35. The Morgan fingerprint density at radius 2 is 1.94 bits per heavy atom. The van der Waals surface area contributed by atoms with Gasteiger partial charge in [-0.25, -0.2) is 0 Å². The SMILES string of the molecule is CCOC(=O)Cn1c(=NC(=O)c2cc3cccc(OC)c3o2)sc2cc(C)c(C)cc21. The van der Waals surface area contributed by atoms with Crippen molar-refractivity contribution < 1.29 is 23.5 Å². The molecule has 0 saturated carbocycles. The minimum atomic E-state index is -0.532.